The summed E-state index contributed by atoms with van der Waals surface area (Å²) >= 11 is 0. The molecule has 0 amide bonds. The van der Waals surface area contributed by atoms with Crippen molar-refractivity contribution >= 4 is 6.29 Å². The molecule has 1 radical (unpaired) electrons. The maximum absolute atomic E-state index is 10.4. The molecule has 1 rings (SSSR count). The van der Waals surface area contributed by atoms with Crippen LogP contribution in [0.2, 0.25) is 0 Å². The predicted molar refractivity (Wildman–Crippen MR) is 46.7 cm³/mol. The highest BCUT2D eigenvalue weighted by atomic mass is 16.3. The van der Waals surface area contributed by atoms with E-state index in [2.05, 4.69) is 6.58 Å². The lowest BCUT2D eigenvalue weighted by Gasteiger charge is -2.02. The average Bonchev–Trinajstić information content (AvgIpc) is 2.10. The Morgan fingerprint density at radius 1 is 1.42 bits per heavy atom. The molecule has 0 saturated heterocycles. The zero-order valence-electron chi connectivity index (χ0n) is 6.53. The molecular weight excluding hydrogens is 152 g/mol. The van der Waals surface area contributed by atoms with Gasteiger partial charge in [0.15, 0.2) is 0 Å². The lowest BCUT2D eigenvalue weighted by Crippen LogP contribution is -1.94. The average molecular weight is 161 g/mol. The Balaban J connectivity index is 2.94. The quantitative estimate of drug-likeness (QED) is 0.686. The van der Waals surface area contributed by atoms with Gasteiger partial charge >= 0.3 is 0 Å². The summed E-state index contributed by atoms with van der Waals surface area (Å²) < 4.78 is 0. The van der Waals surface area contributed by atoms with Crippen molar-refractivity contribution in [1.82, 2.24) is 0 Å². The fourth-order valence-corrected chi connectivity index (χ4v) is 0.934. The van der Waals surface area contributed by atoms with E-state index in [0.717, 1.165) is 5.56 Å². The molecule has 1 atom stereocenters. The van der Waals surface area contributed by atoms with Crippen LogP contribution in [0.1, 0.15) is 11.5 Å². The second-order valence-electron chi connectivity index (χ2n) is 2.42. The van der Waals surface area contributed by atoms with Crippen molar-refractivity contribution in [2.45, 2.75) is 5.92 Å². The molecule has 2 nitrogen and oxygen atoms in total. The summed E-state index contributed by atoms with van der Waals surface area (Å²) in [4.78, 5) is 10.4. The maximum atomic E-state index is 10.4. The zero-order chi connectivity index (χ0) is 8.97. The second kappa shape index (κ2) is 3.72. The van der Waals surface area contributed by atoms with Crippen molar-refractivity contribution in [2.75, 3.05) is 0 Å². The number of hydrogen-bond donors (Lipinski definition) is 1. The third-order valence-corrected chi connectivity index (χ3v) is 1.61. The van der Waals surface area contributed by atoms with Crippen LogP contribution < -0.4 is 0 Å². The molecule has 0 saturated carbocycles. The molecule has 1 unspecified atom stereocenters. The molecule has 0 aromatic heterocycles. The molecule has 2 heteroatoms. The predicted octanol–water partition coefficient (Wildman–Crippen LogP) is 1.77. The Bertz CT molecular complexity index is 266. The van der Waals surface area contributed by atoms with Gasteiger partial charge in [-0.05, 0) is 17.7 Å². The molecule has 1 N–H and O–H groups in total. The van der Waals surface area contributed by atoms with Gasteiger partial charge < -0.3 is 5.11 Å². The summed E-state index contributed by atoms with van der Waals surface area (Å²) in [7, 11) is 0. The number of carbonyl (C=O) groups excluding carboxylic acids is 1. The fraction of sp³-hybridized carbons (Fsp3) is 0.100. The first-order valence-corrected chi connectivity index (χ1v) is 3.57. The molecule has 12 heavy (non-hydrogen) atoms. The van der Waals surface area contributed by atoms with Crippen LogP contribution in [0.4, 0.5) is 0 Å². The Hall–Kier alpha value is -1.57. The molecule has 0 heterocycles. The van der Waals surface area contributed by atoms with Gasteiger partial charge in [0, 0.05) is 0 Å². The molecule has 1 aromatic rings. The minimum absolute atomic E-state index is 0.187. The van der Waals surface area contributed by atoms with Gasteiger partial charge in [-0.1, -0.05) is 18.2 Å². The van der Waals surface area contributed by atoms with E-state index in [1.165, 1.54) is 18.2 Å². The number of allylic oxidation sites excluding steroid dienone is 1. The lowest BCUT2D eigenvalue weighted by atomic mass is 10.0. The molecule has 0 aliphatic heterocycles. The standard InChI is InChI=1S/C10H9O2/c1-2-8(7-11)9-3-5-10(12)6-4-9/h2-6,8,12H,1H2. The SMILES string of the molecule is C=CC([C]=O)c1ccc(O)cc1. The Labute approximate surface area is 71.2 Å². The Morgan fingerprint density at radius 3 is 2.42 bits per heavy atom. The van der Waals surface area contributed by atoms with E-state index in [4.69, 9.17) is 5.11 Å². The highest BCUT2D eigenvalue weighted by Gasteiger charge is 2.05. The monoisotopic (exact) mass is 161 g/mol. The maximum Gasteiger partial charge on any atom is 0.210 e. The smallest absolute Gasteiger partial charge is 0.210 e. The second-order valence-corrected chi connectivity index (χ2v) is 2.42. The van der Waals surface area contributed by atoms with E-state index in [-0.39, 0.29) is 5.75 Å². The molecule has 0 aliphatic rings. The van der Waals surface area contributed by atoms with Crippen LogP contribution >= 0.6 is 0 Å². The summed E-state index contributed by atoms with van der Waals surface area (Å²) in [6.45, 7) is 3.51. The van der Waals surface area contributed by atoms with Crippen LogP contribution in [0.25, 0.3) is 0 Å². The first-order chi connectivity index (χ1) is 5.77. The summed E-state index contributed by atoms with van der Waals surface area (Å²) in [5.74, 6) is -0.210. The third kappa shape index (κ3) is 1.72. The van der Waals surface area contributed by atoms with Gasteiger partial charge in [0.25, 0.3) is 0 Å². The summed E-state index contributed by atoms with van der Waals surface area (Å²) in [6, 6.07) is 6.41. The van der Waals surface area contributed by atoms with Crippen molar-refractivity contribution in [1.29, 1.82) is 0 Å². The highest BCUT2D eigenvalue weighted by molar-refractivity contribution is 5.65. The number of phenolic OH excluding ortho intramolecular Hbond substituents is 1. The largest absolute Gasteiger partial charge is 0.508 e. The van der Waals surface area contributed by atoms with E-state index >= 15 is 0 Å². The minimum atomic E-state index is -0.398. The normalized spacial score (nSPS) is 12.0. The topological polar surface area (TPSA) is 37.3 Å². The summed E-state index contributed by atoms with van der Waals surface area (Å²) in [5.41, 5.74) is 0.790. The summed E-state index contributed by atoms with van der Waals surface area (Å²) in [5, 5.41) is 8.96. The third-order valence-electron chi connectivity index (χ3n) is 1.61. The van der Waals surface area contributed by atoms with Crippen LogP contribution in [0, 0.1) is 0 Å². The van der Waals surface area contributed by atoms with Crippen molar-refractivity contribution in [3.8, 4) is 5.75 Å². The molecule has 0 aliphatic carbocycles. The van der Waals surface area contributed by atoms with E-state index < -0.39 is 5.92 Å². The van der Waals surface area contributed by atoms with Gasteiger partial charge in [-0.25, -0.2) is 0 Å². The van der Waals surface area contributed by atoms with Crippen LogP contribution in [-0.2, 0) is 4.79 Å². The molecule has 61 valence electrons. The highest BCUT2D eigenvalue weighted by Crippen LogP contribution is 2.17. The van der Waals surface area contributed by atoms with Gasteiger partial charge in [0.1, 0.15) is 5.75 Å². The van der Waals surface area contributed by atoms with Gasteiger partial charge in [0.05, 0.1) is 5.92 Å². The van der Waals surface area contributed by atoms with Crippen LogP contribution in [0.5, 0.6) is 5.75 Å². The molecule has 0 bridgehead atoms. The van der Waals surface area contributed by atoms with Gasteiger partial charge in [-0.2, -0.15) is 0 Å². The van der Waals surface area contributed by atoms with Crippen LogP contribution in [-0.4, -0.2) is 11.4 Å². The van der Waals surface area contributed by atoms with Crippen molar-refractivity contribution in [2.24, 2.45) is 0 Å². The molecule has 0 spiro atoms. The van der Waals surface area contributed by atoms with E-state index in [9.17, 15) is 4.79 Å². The molecule has 0 fully saturated rings. The number of rotatable bonds is 3. The number of hydrogen-bond acceptors (Lipinski definition) is 2. The first-order valence-electron chi connectivity index (χ1n) is 3.57. The summed E-state index contributed by atoms with van der Waals surface area (Å²) in [6.07, 6.45) is 3.35. The lowest BCUT2D eigenvalue weighted by molar-refractivity contribution is 0.475. The van der Waals surface area contributed by atoms with Crippen LogP contribution in [0.3, 0.4) is 0 Å². The van der Waals surface area contributed by atoms with Crippen molar-refractivity contribution < 1.29 is 9.90 Å². The van der Waals surface area contributed by atoms with Gasteiger partial charge in [-0.3, -0.25) is 4.79 Å². The van der Waals surface area contributed by atoms with Crippen molar-refractivity contribution in [3.05, 3.63) is 42.5 Å². The Morgan fingerprint density at radius 2 is 2.00 bits per heavy atom. The number of aromatic hydroxyl groups is 1. The van der Waals surface area contributed by atoms with Crippen molar-refractivity contribution in [3.63, 3.8) is 0 Å². The van der Waals surface area contributed by atoms with Gasteiger partial charge in [-0.15, -0.1) is 6.58 Å². The number of benzene rings is 1. The molecular formula is C10H9O2. The minimum Gasteiger partial charge on any atom is -0.508 e. The fourth-order valence-electron chi connectivity index (χ4n) is 0.934. The Kier molecular flexibility index (Phi) is 2.64. The van der Waals surface area contributed by atoms with E-state index in [0.29, 0.717) is 0 Å². The zero-order valence-corrected chi connectivity index (χ0v) is 6.53. The van der Waals surface area contributed by atoms with Crippen LogP contribution in [0.15, 0.2) is 36.9 Å². The first kappa shape index (κ1) is 8.53. The number of phenols is 1. The van der Waals surface area contributed by atoms with E-state index in [1.807, 2.05) is 6.29 Å². The molecule has 1 aromatic carbocycles. The van der Waals surface area contributed by atoms with Gasteiger partial charge in [0.2, 0.25) is 6.29 Å². The van der Waals surface area contributed by atoms with E-state index in [1.54, 1.807) is 12.1 Å².